The first kappa shape index (κ1) is 56.7. The van der Waals surface area contributed by atoms with Gasteiger partial charge in [0.25, 0.3) is 5.69 Å². The van der Waals surface area contributed by atoms with Crippen molar-refractivity contribution in [2.75, 3.05) is 0 Å². The first-order valence-electron chi connectivity index (χ1n) is 29.2. The largest absolute Gasteiger partial charge is 2.00 e. The molecule has 0 fully saturated rings. The van der Waals surface area contributed by atoms with E-state index in [0.29, 0.717) is 11.5 Å². The van der Waals surface area contributed by atoms with Gasteiger partial charge >= 0.3 is 32.8 Å². The third-order valence-corrected chi connectivity index (χ3v) is 21.4. The molecule has 13 rings (SSSR count). The summed E-state index contributed by atoms with van der Waals surface area (Å²) in [4.78, 5) is 5.09. The number of aromatic nitrogens is 2. The van der Waals surface area contributed by atoms with Crippen LogP contribution >= 0.6 is 0 Å². The molecule has 10 aromatic carbocycles. The maximum Gasteiger partial charge on any atom is 2.00 e. The molecule has 0 radical (unpaired) electrons. The molecule has 0 amide bonds. The van der Waals surface area contributed by atoms with Gasteiger partial charge in [0, 0.05) is 41.4 Å². The minimum atomic E-state index is -2.87. The molecule has 0 saturated heterocycles. The summed E-state index contributed by atoms with van der Waals surface area (Å²) < 4.78 is 13.6. The van der Waals surface area contributed by atoms with Crippen molar-refractivity contribution in [1.82, 2.24) is 18.7 Å². The Bertz CT molecular complexity index is 4410. The molecule has 0 spiro atoms. The molecule has 1 aliphatic heterocycles. The number of hydrogen-bond acceptors (Lipinski definition) is 2. The summed E-state index contributed by atoms with van der Waals surface area (Å²) in [5.74, 6) is 1.95. The second kappa shape index (κ2) is 22.3. The number of para-hydroxylation sites is 1. The van der Waals surface area contributed by atoms with Gasteiger partial charge in [-0.1, -0.05) is 248 Å². The summed E-state index contributed by atoms with van der Waals surface area (Å²) in [5, 5.41) is 7.45. The molecule has 12 aromatic rings. The van der Waals surface area contributed by atoms with Gasteiger partial charge < -0.3 is 9.30 Å². The predicted molar refractivity (Wildman–Crippen MR) is 354 cm³/mol. The molecule has 0 bridgehead atoms. The van der Waals surface area contributed by atoms with Crippen LogP contribution < -0.4 is 34.6 Å². The topological polar surface area (TPSA) is 33.1 Å². The number of pyridine rings is 1. The molecule has 2 aromatic heterocycles. The van der Waals surface area contributed by atoms with Gasteiger partial charge in [0.15, 0.2) is 8.07 Å². The van der Waals surface area contributed by atoms with Gasteiger partial charge in [-0.05, 0) is 111 Å². The molecule has 5 nitrogen and oxygen atoms in total. The SMILES string of the molecule is CC(C)(C)c1cc([N+]2=C=[N+](c3[c-]c(Oc4[c-]c5c(cc4)c4cc([Si](c6ccccc6)(c6ccccc6)c6ccccc6)ccc4n5-c4cc(C(C)(C)C)ccn4)ccc3)c3cccc(-c4cccc(-c5ccccc5)c4)c32)cc(C(C)(C)C)c1.[Pt+2]. The van der Waals surface area contributed by atoms with E-state index in [9.17, 15) is 0 Å². The van der Waals surface area contributed by atoms with Crippen molar-refractivity contribution in [1.29, 1.82) is 0 Å². The Balaban J connectivity index is 0.00000709. The normalized spacial score (nSPS) is 12.6. The zero-order valence-corrected chi connectivity index (χ0v) is 53.0. The van der Waals surface area contributed by atoms with Gasteiger partial charge in [-0.3, -0.25) is 0 Å². The molecule has 0 saturated carbocycles. The molecule has 418 valence electrons. The Morgan fingerprint density at radius 2 is 1.01 bits per heavy atom. The van der Waals surface area contributed by atoms with Crippen LogP contribution in [0.15, 0.2) is 249 Å². The average Bonchev–Trinajstić information content (AvgIpc) is 1.97. The van der Waals surface area contributed by atoms with Crippen LogP contribution in [0.1, 0.15) is 79.0 Å². The Morgan fingerprint density at radius 1 is 0.447 bits per heavy atom. The third kappa shape index (κ3) is 10.6. The number of benzene rings is 10. The second-order valence-corrected chi connectivity index (χ2v) is 29.1. The van der Waals surface area contributed by atoms with Crippen molar-refractivity contribution in [2.24, 2.45) is 0 Å². The zero-order valence-electron chi connectivity index (χ0n) is 49.7. The molecule has 0 atom stereocenters. The summed E-state index contributed by atoms with van der Waals surface area (Å²) in [6, 6.07) is 99.6. The summed E-state index contributed by atoms with van der Waals surface area (Å²) in [7, 11) is -2.87. The van der Waals surface area contributed by atoms with Crippen LogP contribution in [0.4, 0.5) is 22.7 Å². The molecule has 0 N–H and O–H groups in total. The summed E-state index contributed by atoms with van der Waals surface area (Å²) in [6.07, 6.45) is 1.93. The van der Waals surface area contributed by atoms with Gasteiger partial charge in [0.2, 0.25) is 5.69 Å². The van der Waals surface area contributed by atoms with Gasteiger partial charge in [0.05, 0.1) is 5.56 Å². The Hall–Kier alpha value is -8.76. The maximum atomic E-state index is 6.95. The summed E-state index contributed by atoms with van der Waals surface area (Å²) >= 11 is 0. The molecule has 0 unspecified atom stereocenters. The van der Waals surface area contributed by atoms with E-state index in [0.717, 1.165) is 67.1 Å². The fraction of sp³-hybridized carbons (Fsp3) is 0.154. The average molecular weight is 1300 g/mol. The minimum absolute atomic E-state index is 0. The first-order chi connectivity index (χ1) is 40.5. The first-order valence-corrected chi connectivity index (χ1v) is 31.2. The van der Waals surface area contributed by atoms with E-state index in [2.05, 4.69) is 319 Å². The smallest absolute Gasteiger partial charge is 0.509 e. The minimum Gasteiger partial charge on any atom is -0.509 e. The van der Waals surface area contributed by atoms with Crippen LogP contribution in [0.25, 0.3) is 49.9 Å². The van der Waals surface area contributed by atoms with Crippen molar-refractivity contribution < 1.29 is 25.8 Å². The second-order valence-electron chi connectivity index (χ2n) is 25.3. The number of fused-ring (bicyclic) bond motifs is 4. The van der Waals surface area contributed by atoms with Crippen LogP contribution in [-0.2, 0) is 37.3 Å². The van der Waals surface area contributed by atoms with Crippen LogP contribution in [0, 0.1) is 12.1 Å². The number of nitrogens with zero attached hydrogens (tertiary/aromatic N) is 4. The summed E-state index contributed by atoms with van der Waals surface area (Å²) in [6.45, 7) is 20.5. The monoisotopic (exact) mass is 1300 g/mol. The van der Waals surface area contributed by atoms with Gasteiger partial charge in [-0.25, -0.2) is 4.98 Å². The Labute approximate surface area is 516 Å². The van der Waals surface area contributed by atoms with Gasteiger partial charge in [0.1, 0.15) is 11.5 Å². The van der Waals surface area contributed by atoms with Crippen molar-refractivity contribution in [3.63, 3.8) is 0 Å². The fourth-order valence-electron chi connectivity index (χ4n) is 12.1. The van der Waals surface area contributed by atoms with Crippen LogP contribution in [0.2, 0.25) is 0 Å². The predicted octanol–water partition coefficient (Wildman–Crippen LogP) is 17.0. The van der Waals surface area contributed by atoms with Crippen molar-refractivity contribution in [3.05, 3.63) is 278 Å². The Kier molecular flexibility index (Phi) is 14.9. The molecule has 0 aliphatic carbocycles. The molecular weight excluding hydrogens is 1230 g/mol. The fourth-order valence-corrected chi connectivity index (χ4v) is 16.9. The molecular formula is C78H68N4OPtSi+2. The maximum absolute atomic E-state index is 6.95. The van der Waals surface area contributed by atoms with Crippen LogP contribution in [0.3, 0.4) is 0 Å². The Morgan fingerprint density at radius 3 is 1.64 bits per heavy atom. The number of ether oxygens (including phenoxy) is 1. The van der Waals surface area contributed by atoms with E-state index in [4.69, 9.17) is 9.72 Å². The van der Waals surface area contributed by atoms with E-state index in [-0.39, 0.29) is 37.3 Å². The standard InChI is InChI=1S/C78H68N4OSi.Pt/c1-76(2,3)57-43-44-79-74(49-57)82-71-42-40-67(84(64-31-16-11-17-32-64,65-33-18-12-19-34-65)66-35-20-13-21-36-66)52-70(71)69-41-39-63(51-73(69)82)83-62-30-23-29-60(50-62)80-53-81(61-47-58(77(4,5)6)46-59(48-61)78(7,8)9)75-68(37-24-38-72(75)80)56-28-22-27-55(45-56)54-25-14-10-15-26-54;/h10-49,52H,1-9H3;/q;+2. The number of hydrogen-bond donors (Lipinski definition) is 0. The van der Waals surface area contributed by atoms with E-state index < -0.39 is 8.07 Å². The number of rotatable bonds is 11. The molecule has 7 heteroatoms. The van der Waals surface area contributed by atoms with E-state index in [1.807, 2.05) is 24.4 Å². The van der Waals surface area contributed by atoms with E-state index in [1.165, 1.54) is 43.0 Å². The van der Waals surface area contributed by atoms with Gasteiger partial charge in [-0.15, -0.1) is 23.6 Å². The van der Waals surface area contributed by atoms with E-state index in [1.54, 1.807) is 0 Å². The van der Waals surface area contributed by atoms with Crippen LogP contribution in [0.5, 0.6) is 11.5 Å². The summed E-state index contributed by atoms with van der Waals surface area (Å²) in [5.41, 5.74) is 13.8. The van der Waals surface area contributed by atoms with Crippen LogP contribution in [-0.4, -0.2) is 23.6 Å². The van der Waals surface area contributed by atoms with Crippen molar-refractivity contribution in [2.45, 2.75) is 78.6 Å². The third-order valence-electron chi connectivity index (χ3n) is 16.6. The quantitative estimate of drug-likeness (QED) is 0.0560. The van der Waals surface area contributed by atoms with Crippen molar-refractivity contribution >= 4 is 79.4 Å². The molecule has 85 heavy (non-hydrogen) atoms. The van der Waals surface area contributed by atoms with Crippen molar-refractivity contribution in [3.8, 4) is 39.6 Å². The van der Waals surface area contributed by atoms with Gasteiger partial charge in [-0.2, -0.15) is 12.1 Å². The van der Waals surface area contributed by atoms with E-state index >= 15 is 0 Å². The zero-order chi connectivity index (χ0) is 58.0. The molecule has 3 heterocycles. The molecule has 1 aliphatic rings.